The van der Waals surface area contributed by atoms with Crippen molar-refractivity contribution in [1.82, 2.24) is 9.97 Å². The Hall–Kier alpha value is -2.66. The Balaban J connectivity index is 1.74. The number of benzene rings is 1. The molecule has 0 bridgehead atoms. The fourth-order valence-corrected chi connectivity index (χ4v) is 2.61. The van der Waals surface area contributed by atoms with Crippen LogP contribution < -0.4 is 10.0 Å². The van der Waals surface area contributed by atoms with Gasteiger partial charge in [-0.3, -0.25) is 0 Å². The molecule has 3 aromatic rings. The van der Waals surface area contributed by atoms with Crippen LogP contribution in [-0.4, -0.2) is 16.5 Å². The van der Waals surface area contributed by atoms with Gasteiger partial charge in [0.15, 0.2) is 18.2 Å². The van der Waals surface area contributed by atoms with E-state index in [0.717, 1.165) is 40.2 Å². The minimum Gasteiger partial charge on any atom is -0.619 e. The maximum Gasteiger partial charge on any atom is 0.183 e. The van der Waals surface area contributed by atoms with Gasteiger partial charge in [-0.25, -0.2) is 9.97 Å². The van der Waals surface area contributed by atoms with Gasteiger partial charge in [0.25, 0.3) is 0 Å². The molecule has 0 radical (unpaired) electrons. The van der Waals surface area contributed by atoms with E-state index in [-0.39, 0.29) is 0 Å². The molecule has 0 spiro atoms. The second-order valence-electron chi connectivity index (χ2n) is 5.68. The summed E-state index contributed by atoms with van der Waals surface area (Å²) in [6.07, 6.45) is 4.63. The topological polar surface area (TPSA) is 64.8 Å². The van der Waals surface area contributed by atoms with E-state index in [1.807, 2.05) is 36.4 Å². The summed E-state index contributed by atoms with van der Waals surface area (Å²) in [6, 6.07) is 13.1. The highest BCUT2D eigenvalue weighted by atomic mass is 35.5. The summed E-state index contributed by atoms with van der Waals surface area (Å²) in [6.45, 7) is 2.75. The van der Waals surface area contributed by atoms with Gasteiger partial charge in [-0.1, -0.05) is 18.5 Å². The van der Waals surface area contributed by atoms with Gasteiger partial charge in [0.2, 0.25) is 0 Å². The predicted molar refractivity (Wildman–Crippen MR) is 99.5 cm³/mol. The highest BCUT2D eigenvalue weighted by Gasteiger charge is 2.07. The van der Waals surface area contributed by atoms with Crippen LogP contribution in [0.1, 0.15) is 18.2 Å². The van der Waals surface area contributed by atoms with E-state index in [1.54, 1.807) is 12.3 Å². The lowest BCUT2D eigenvalue weighted by Gasteiger charge is -2.10. The van der Waals surface area contributed by atoms with Crippen LogP contribution in [0.2, 0.25) is 5.02 Å². The molecule has 5 nitrogen and oxygen atoms in total. The van der Waals surface area contributed by atoms with Gasteiger partial charge in [-0.15, -0.1) is 0 Å². The molecule has 0 fully saturated rings. The van der Waals surface area contributed by atoms with Crippen molar-refractivity contribution in [1.29, 1.82) is 0 Å². The molecule has 0 aliphatic rings. The maximum absolute atomic E-state index is 11.3. The number of aromatic nitrogens is 3. The Kier molecular flexibility index (Phi) is 5.46. The normalized spacial score (nSPS) is 10.6. The molecular formula is C19H19ClN4O. The number of halogens is 1. The van der Waals surface area contributed by atoms with Crippen molar-refractivity contribution in [3.63, 3.8) is 0 Å². The highest BCUT2D eigenvalue weighted by Crippen LogP contribution is 2.20. The molecule has 2 heterocycles. The molecule has 3 rings (SSSR count). The van der Waals surface area contributed by atoms with Crippen molar-refractivity contribution in [2.75, 3.05) is 11.9 Å². The van der Waals surface area contributed by atoms with Crippen molar-refractivity contribution in [3.05, 3.63) is 76.3 Å². The zero-order valence-corrected chi connectivity index (χ0v) is 14.7. The SMILES string of the molecule is CCc1cc(NCCc2ccc[n+]([O-])c2)nc(-c2ccc(Cl)cc2)n1. The number of aryl methyl sites for hydroxylation is 1. The summed E-state index contributed by atoms with van der Waals surface area (Å²) in [7, 11) is 0. The number of pyridine rings is 1. The molecule has 0 aliphatic carbocycles. The average molecular weight is 355 g/mol. The third-order valence-corrected chi connectivity index (χ3v) is 4.05. The standard InChI is InChI=1S/C19H19ClN4O/c1-2-17-12-18(21-10-9-14-4-3-11-24(25)13-14)23-19(22-17)15-5-7-16(20)8-6-15/h3-8,11-13H,2,9-10H2,1H3,(H,21,22,23). The Morgan fingerprint density at radius 1 is 1.16 bits per heavy atom. The Morgan fingerprint density at radius 2 is 1.96 bits per heavy atom. The highest BCUT2D eigenvalue weighted by molar-refractivity contribution is 6.30. The van der Waals surface area contributed by atoms with Crippen LogP contribution in [0.4, 0.5) is 5.82 Å². The minimum atomic E-state index is 0.677. The number of rotatable bonds is 6. The van der Waals surface area contributed by atoms with Gasteiger partial charge in [0, 0.05) is 40.5 Å². The molecule has 128 valence electrons. The summed E-state index contributed by atoms with van der Waals surface area (Å²) in [5, 5.41) is 15.3. The van der Waals surface area contributed by atoms with E-state index in [0.29, 0.717) is 17.4 Å². The van der Waals surface area contributed by atoms with Gasteiger partial charge in [-0.2, -0.15) is 4.73 Å². The van der Waals surface area contributed by atoms with Crippen LogP contribution in [0.15, 0.2) is 54.9 Å². The molecule has 0 unspecified atom stereocenters. The molecule has 0 saturated heterocycles. The Morgan fingerprint density at radius 3 is 2.68 bits per heavy atom. The van der Waals surface area contributed by atoms with Gasteiger partial charge >= 0.3 is 0 Å². The number of hydrogen-bond donors (Lipinski definition) is 1. The van der Waals surface area contributed by atoms with Crippen LogP contribution in [0, 0.1) is 5.21 Å². The molecule has 0 atom stereocenters. The molecule has 25 heavy (non-hydrogen) atoms. The van der Waals surface area contributed by atoms with E-state index in [4.69, 9.17) is 11.6 Å². The van der Waals surface area contributed by atoms with Gasteiger partial charge < -0.3 is 10.5 Å². The van der Waals surface area contributed by atoms with Crippen molar-refractivity contribution in [2.45, 2.75) is 19.8 Å². The number of nitrogens with zero attached hydrogens (tertiary/aromatic N) is 3. The first-order valence-electron chi connectivity index (χ1n) is 8.19. The first-order chi connectivity index (χ1) is 12.1. The van der Waals surface area contributed by atoms with E-state index in [9.17, 15) is 5.21 Å². The Bertz CT molecular complexity index is 852. The van der Waals surface area contributed by atoms with E-state index >= 15 is 0 Å². The summed E-state index contributed by atoms with van der Waals surface area (Å²) < 4.78 is 0.813. The molecule has 6 heteroatoms. The van der Waals surface area contributed by atoms with E-state index < -0.39 is 0 Å². The predicted octanol–water partition coefficient (Wildman–Crippen LogP) is 3.65. The van der Waals surface area contributed by atoms with Crippen LogP contribution in [0.5, 0.6) is 0 Å². The molecule has 0 amide bonds. The van der Waals surface area contributed by atoms with Crippen LogP contribution in [0.25, 0.3) is 11.4 Å². The maximum atomic E-state index is 11.3. The van der Waals surface area contributed by atoms with Gasteiger partial charge in [0.1, 0.15) is 5.82 Å². The monoisotopic (exact) mass is 354 g/mol. The fraction of sp³-hybridized carbons (Fsp3) is 0.211. The smallest absolute Gasteiger partial charge is 0.183 e. The first kappa shape index (κ1) is 17.2. The fourth-order valence-electron chi connectivity index (χ4n) is 2.48. The number of hydrogen-bond acceptors (Lipinski definition) is 4. The first-order valence-corrected chi connectivity index (χ1v) is 8.57. The van der Waals surface area contributed by atoms with Crippen molar-refractivity contribution < 1.29 is 4.73 Å². The zero-order valence-electron chi connectivity index (χ0n) is 13.9. The Labute approximate surface area is 151 Å². The molecule has 1 aromatic carbocycles. The summed E-state index contributed by atoms with van der Waals surface area (Å²) in [5.74, 6) is 1.46. The molecule has 0 aliphatic heterocycles. The zero-order chi connectivity index (χ0) is 17.6. The van der Waals surface area contributed by atoms with Gasteiger partial charge in [0.05, 0.1) is 0 Å². The lowest BCUT2D eigenvalue weighted by atomic mass is 10.2. The average Bonchev–Trinajstić information content (AvgIpc) is 2.62. The minimum absolute atomic E-state index is 0.677. The van der Waals surface area contributed by atoms with Crippen LogP contribution in [0.3, 0.4) is 0 Å². The largest absolute Gasteiger partial charge is 0.619 e. The summed E-state index contributed by atoms with van der Waals surface area (Å²) in [5.41, 5.74) is 2.88. The lowest BCUT2D eigenvalue weighted by Crippen LogP contribution is -2.25. The third-order valence-electron chi connectivity index (χ3n) is 3.80. The van der Waals surface area contributed by atoms with Crippen LogP contribution >= 0.6 is 11.6 Å². The van der Waals surface area contributed by atoms with Crippen molar-refractivity contribution >= 4 is 17.4 Å². The molecule has 0 saturated carbocycles. The number of nitrogens with one attached hydrogen (secondary N) is 1. The van der Waals surface area contributed by atoms with Crippen molar-refractivity contribution in [2.24, 2.45) is 0 Å². The lowest BCUT2D eigenvalue weighted by molar-refractivity contribution is -0.605. The quantitative estimate of drug-likeness (QED) is 0.542. The molecular weight excluding hydrogens is 336 g/mol. The van der Waals surface area contributed by atoms with E-state index in [2.05, 4.69) is 22.2 Å². The second-order valence-corrected chi connectivity index (χ2v) is 6.11. The number of anilines is 1. The molecule has 2 aromatic heterocycles. The van der Waals surface area contributed by atoms with Crippen LogP contribution in [-0.2, 0) is 12.8 Å². The summed E-state index contributed by atoms with van der Waals surface area (Å²) in [4.78, 5) is 9.19. The summed E-state index contributed by atoms with van der Waals surface area (Å²) >= 11 is 5.95. The third kappa shape index (κ3) is 4.67. The molecule has 1 N–H and O–H groups in total. The van der Waals surface area contributed by atoms with Gasteiger partial charge in [-0.05, 0) is 43.2 Å². The van der Waals surface area contributed by atoms with E-state index in [1.165, 1.54) is 6.20 Å². The second kappa shape index (κ2) is 7.94. The van der Waals surface area contributed by atoms with Crippen molar-refractivity contribution in [3.8, 4) is 11.4 Å².